The maximum Gasteiger partial charge on any atom is 0.313 e. The maximum atomic E-state index is 5.72. The first-order valence-corrected chi connectivity index (χ1v) is 6.35. The smallest absolute Gasteiger partial charge is 0.313 e. The number of nitrogens with two attached hydrogens (primary N) is 1. The van der Waals surface area contributed by atoms with Crippen molar-refractivity contribution in [3.8, 4) is 22.9 Å². The Balaban J connectivity index is 1.72. The second-order valence-electron chi connectivity index (χ2n) is 4.51. The van der Waals surface area contributed by atoms with Crippen molar-refractivity contribution in [1.82, 2.24) is 15.2 Å². The standard InChI is InChI=1S/C15H10N4O2/c16-15-19-18-14(21-15)10-7-5-9(6-8-10)13-17-11-3-1-2-4-12(11)20-13/h1-8H,(H2,16,19). The van der Waals surface area contributed by atoms with Crippen LogP contribution in [0.4, 0.5) is 6.01 Å². The number of benzene rings is 2. The fraction of sp³-hybridized carbons (Fsp3) is 0. The minimum Gasteiger partial charge on any atom is -0.436 e. The lowest BCUT2D eigenvalue weighted by Gasteiger charge is -1.97. The fourth-order valence-corrected chi connectivity index (χ4v) is 2.10. The van der Waals surface area contributed by atoms with Crippen LogP contribution in [0.2, 0.25) is 0 Å². The third-order valence-electron chi connectivity index (χ3n) is 3.11. The first-order chi connectivity index (χ1) is 10.3. The van der Waals surface area contributed by atoms with E-state index in [1.165, 1.54) is 0 Å². The summed E-state index contributed by atoms with van der Waals surface area (Å²) in [7, 11) is 0. The highest BCUT2D eigenvalue weighted by Gasteiger charge is 2.10. The molecule has 0 bridgehead atoms. The summed E-state index contributed by atoms with van der Waals surface area (Å²) in [6, 6.07) is 15.2. The minimum absolute atomic E-state index is 0.0491. The predicted molar refractivity (Wildman–Crippen MR) is 77.1 cm³/mol. The molecule has 0 aliphatic rings. The summed E-state index contributed by atoms with van der Waals surface area (Å²) in [5.74, 6) is 0.962. The van der Waals surface area contributed by atoms with E-state index in [0.29, 0.717) is 11.8 Å². The second-order valence-corrected chi connectivity index (χ2v) is 4.51. The third kappa shape index (κ3) is 2.02. The molecule has 2 aromatic heterocycles. The summed E-state index contributed by atoms with van der Waals surface area (Å²) in [5, 5.41) is 7.48. The molecule has 0 fully saturated rings. The zero-order chi connectivity index (χ0) is 14.2. The molecule has 0 saturated carbocycles. The van der Waals surface area contributed by atoms with Crippen LogP contribution in [0.25, 0.3) is 34.0 Å². The topological polar surface area (TPSA) is 91.0 Å². The van der Waals surface area contributed by atoms with Gasteiger partial charge in [-0.25, -0.2) is 4.98 Å². The van der Waals surface area contributed by atoms with Gasteiger partial charge in [-0.05, 0) is 36.4 Å². The van der Waals surface area contributed by atoms with Crippen LogP contribution in [-0.2, 0) is 0 Å². The van der Waals surface area contributed by atoms with Crippen molar-refractivity contribution < 1.29 is 8.83 Å². The van der Waals surface area contributed by atoms with Crippen LogP contribution in [-0.4, -0.2) is 15.2 Å². The molecule has 0 aliphatic carbocycles. The predicted octanol–water partition coefficient (Wildman–Crippen LogP) is 3.13. The summed E-state index contributed by atoms with van der Waals surface area (Å²) in [6.45, 7) is 0. The molecule has 21 heavy (non-hydrogen) atoms. The highest BCUT2D eigenvalue weighted by molar-refractivity contribution is 5.76. The Morgan fingerprint density at radius 2 is 1.48 bits per heavy atom. The molecule has 102 valence electrons. The van der Waals surface area contributed by atoms with Gasteiger partial charge in [0.15, 0.2) is 5.58 Å². The van der Waals surface area contributed by atoms with Gasteiger partial charge in [-0.15, -0.1) is 5.10 Å². The molecule has 4 rings (SSSR count). The van der Waals surface area contributed by atoms with E-state index in [4.69, 9.17) is 14.6 Å². The Bertz CT molecular complexity index is 876. The van der Waals surface area contributed by atoms with Gasteiger partial charge in [-0.3, -0.25) is 0 Å². The van der Waals surface area contributed by atoms with Crippen molar-refractivity contribution in [3.63, 3.8) is 0 Å². The Labute approximate surface area is 119 Å². The van der Waals surface area contributed by atoms with E-state index in [-0.39, 0.29) is 6.01 Å². The lowest BCUT2D eigenvalue weighted by molar-refractivity contribution is 0.590. The van der Waals surface area contributed by atoms with Crippen LogP contribution in [0.15, 0.2) is 57.4 Å². The number of para-hydroxylation sites is 2. The average molecular weight is 278 g/mol. The molecule has 2 heterocycles. The molecule has 6 heteroatoms. The summed E-state index contributed by atoms with van der Waals surface area (Å²) >= 11 is 0. The fourth-order valence-electron chi connectivity index (χ4n) is 2.10. The van der Waals surface area contributed by atoms with E-state index >= 15 is 0 Å². The third-order valence-corrected chi connectivity index (χ3v) is 3.11. The number of rotatable bonds is 2. The van der Waals surface area contributed by atoms with Crippen molar-refractivity contribution in [2.45, 2.75) is 0 Å². The van der Waals surface area contributed by atoms with Crippen molar-refractivity contribution >= 4 is 17.1 Å². The molecule has 0 aliphatic heterocycles. The van der Waals surface area contributed by atoms with Crippen molar-refractivity contribution in [2.24, 2.45) is 0 Å². The summed E-state index contributed by atoms with van der Waals surface area (Å²) < 4.78 is 10.9. The Hall–Kier alpha value is -3.15. The van der Waals surface area contributed by atoms with Crippen LogP contribution in [0.3, 0.4) is 0 Å². The second kappa shape index (κ2) is 4.45. The van der Waals surface area contributed by atoms with Gasteiger partial charge >= 0.3 is 6.01 Å². The molecule has 2 aromatic carbocycles. The normalized spacial score (nSPS) is 11.0. The van der Waals surface area contributed by atoms with Crippen LogP contribution >= 0.6 is 0 Å². The van der Waals surface area contributed by atoms with Crippen LogP contribution in [0, 0.1) is 0 Å². The number of nitrogen functional groups attached to an aromatic ring is 1. The Morgan fingerprint density at radius 1 is 0.762 bits per heavy atom. The minimum atomic E-state index is 0.0491. The molecule has 0 unspecified atom stereocenters. The van der Waals surface area contributed by atoms with Gasteiger partial charge in [0.1, 0.15) is 5.52 Å². The zero-order valence-electron chi connectivity index (χ0n) is 10.9. The molecular formula is C15H10N4O2. The molecule has 0 saturated heterocycles. The molecule has 0 atom stereocenters. The molecule has 0 radical (unpaired) electrons. The van der Waals surface area contributed by atoms with Crippen molar-refractivity contribution in [3.05, 3.63) is 48.5 Å². The van der Waals surface area contributed by atoms with Crippen LogP contribution < -0.4 is 5.73 Å². The van der Waals surface area contributed by atoms with Gasteiger partial charge < -0.3 is 14.6 Å². The van der Waals surface area contributed by atoms with Gasteiger partial charge in [0.05, 0.1) is 0 Å². The molecule has 0 spiro atoms. The van der Waals surface area contributed by atoms with Gasteiger partial charge in [0.25, 0.3) is 0 Å². The summed E-state index contributed by atoms with van der Waals surface area (Å²) in [5.41, 5.74) is 8.68. The molecule has 6 nitrogen and oxygen atoms in total. The molecular weight excluding hydrogens is 268 g/mol. The summed E-state index contributed by atoms with van der Waals surface area (Å²) in [6.07, 6.45) is 0. The van der Waals surface area contributed by atoms with Crippen LogP contribution in [0.1, 0.15) is 0 Å². The monoisotopic (exact) mass is 278 g/mol. The number of anilines is 1. The SMILES string of the molecule is Nc1nnc(-c2ccc(-c3nc4ccccc4o3)cc2)o1. The lowest BCUT2D eigenvalue weighted by Crippen LogP contribution is -1.81. The quantitative estimate of drug-likeness (QED) is 0.605. The lowest BCUT2D eigenvalue weighted by atomic mass is 10.1. The zero-order valence-corrected chi connectivity index (χ0v) is 10.9. The van der Waals surface area contributed by atoms with Gasteiger partial charge in [0.2, 0.25) is 11.8 Å². The maximum absolute atomic E-state index is 5.72. The number of hydrogen-bond donors (Lipinski definition) is 1. The van der Waals surface area contributed by atoms with Gasteiger partial charge in [0, 0.05) is 11.1 Å². The Morgan fingerprint density at radius 3 is 2.14 bits per heavy atom. The highest BCUT2D eigenvalue weighted by Crippen LogP contribution is 2.26. The van der Waals surface area contributed by atoms with Gasteiger partial charge in [-0.2, -0.15) is 0 Å². The average Bonchev–Trinajstić information content (AvgIpc) is 3.13. The largest absolute Gasteiger partial charge is 0.436 e. The Kier molecular flexibility index (Phi) is 2.47. The first kappa shape index (κ1) is 11.7. The first-order valence-electron chi connectivity index (χ1n) is 6.35. The number of hydrogen-bond acceptors (Lipinski definition) is 6. The number of nitrogens with zero attached hydrogens (tertiary/aromatic N) is 3. The van der Waals surface area contributed by atoms with E-state index in [1.807, 2.05) is 48.5 Å². The van der Waals surface area contributed by atoms with Crippen molar-refractivity contribution in [2.75, 3.05) is 5.73 Å². The van der Waals surface area contributed by atoms with E-state index in [2.05, 4.69) is 15.2 Å². The molecule has 2 N–H and O–H groups in total. The number of aromatic nitrogens is 3. The molecule has 4 aromatic rings. The van der Waals surface area contributed by atoms with Crippen LogP contribution in [0.5, 0.6) is 0 Å². The van der Waals surface area contributed by atoms with E-state index < -0.39 is 0 Å². The highest BCUT2D eigenvalue weighted by atomic mass is 16.4. The van der Waals surface area contributed by atoms with Crippen molar-refractivity contribution in [1.29, 1.82) is 0 Å². The molecule has 0 amide bonds. The van der Waals surface area contributed by atoms with Gasteiger partial charge in [-0.1, -0.05) is 17.2 Å². The number of fused-ring (bicyclic) bond motifs is 1. The summed E-state index contributed by atoms with van der Waals surface area (Å²) in [4.78, 5) is 4.45. The number of oxazole rings is 1. The van der Waals surface area contributed by atoms with E-state index in [9.17, 15) is 0 Å². The van der Waals surface area contributed by atoms with E-state index in [0.717, 1.165) is 22.2 Å². The van der Waals surface area contributed by atoms with E-state index in [1.54, 1.807) is 0 Å².